The highest BCUT2D eigenvalue weighted by molar-refractivity contribution is 4.80. The summed E-state index contributed by atoms with van der Waals surface area (Å²) in [4.78, 5) is 5.27. The van der Waals surface area contributed by atoms with E-state index in [1.807, 2.05) is 0 Å². The van der Waals surface area contributed by atoms with Crippen molar-refractivity contribution in [3.05, 3.63) is 0 Å². The summed E-state index contributed by atoms with van der Waals surface area (Å²) in [6, 6.07) is 0.856. The Balaban J connectivity index is 2.25. The normalized spacial score (nSPS) is 23.4. The third kappa shape index (κ3) is 7.15. The Hall–Kier alpha value is -0.0800. The third-order valence-electron chi connectivity index (χ3n) is 5.52. The van der Waals surface area contributed by atoms with Crippen molar-refractivity contribution in [1.82, 2.24) is 9.80 Å². The molecule has 21 heavy (non-hydrogen) atoms. The van der Waals surface area contributed by atoms with E-state index < -0.39 is 0 Å². The fourth-order valence-corrected chi connectivity index (χ4v) is 3.77. The van der Waals surface area contributed by atoms with E-state index in [0.717, 1.165) is 17.9 Å². The molecule has 0 saturated heterocycles. The Morgan fingerprint density at radius 1 is 0.905 bits per heavy atom. The van der Waals surface area contributed by atoms with Crippen molar-refractivity contribution in [2.24, 2.45) is 11.8 Å². The lowest BCUT2D eigenvalue weighted by Crippen LogP contribution is -2.42. The summed E-state index contributed by atoms with van der Waals surface area (Å²) in [7, 11) is 2.29. The first-order valence-corrected chi connectivity index (χ1v) is 9.51. The van der Waals surface area contributed by atoms with E-state index in [1.165, 1.54) is 71.1 Å². The molecule has 1 aliphatic carbocycles. The highest BCUT2D eigenvalue weighted by atomic mass is 15.2. The SMILES string of the molecule is CCCCCN(C)CCN(CC)C1CCC(C(C)C)CC1. The zero-order chi connectivity index (χ0) is 15.7. The van der Waals surface area contributed by atoms with E-state index in [1.54, 1.807) is 0 Å². The van der Waals surface area contributed by atoms with Gasteiger partial charge in [0.1, 0.15) is 0 Å². The van der Waals surface area contributed by atoms with Gasteiger partial charge in [0.25, 0.3) is 0 Å². The van der Waals surface area contributed by atoms with E-state index in [9.17, 15) is 0 Å². The molecule has 0 amide bonds. The van der Waals surface area contributed by atoms with Crippen LogP contribution in [0.1, 0.15) is 72.6 Å². The molecule has 0 aromatic rings. The van der Waals surface area contributed by atoms with Gasteiger partial charge >= 0.3 is 0 Å². The lowest BCUT2D eigenvalue weighted by Gasteiger charge is -2.38. The molecule has 1 aliphatic rings. The topological polar surface area (TPSA) is 6.48 Å². The first-order chi connectivity index (χ1) is 10.1. The van der Waals surface area contributed by atoms with Crippen LogP contribution < -0.4 is 0 Å². The van der Waals surface area contributed by atoms with Crippen LogP contribution in [-0.2, 0) is 0 Å². The second-order valence-electron chi connectivity index (χ2n) is 7.45. The van der Waals surface area contributed by atoms with Gasteiger partial charge in [-0.3, -0.25) is 4.90 Å². The molecule has 0 unspecified atom stereocenters. The van der Waals surface area contributed by atoms with Crippen molar-refractivity contribution in [2.45, 2.75) is 78.7 Å². The van der Waals surface area contributed by atoms with E-state index in [0.29, 0.717) is 0 Å². The maximum atomic E-state index is 2.74. The Labute approximate surface area is 134 Å². The zero-order valence-corrected chi connectivity index (χ0v) is 15.4. The number of likely N-dealkylation sites (N-methyl/N-ethyl adjacent to an activating group) is 2. The molecular formula is C19H40N2. The molecule has 2 heteroatoms. The van der Waals surface area contributed by atoms with Gasteiger partial charge in [0.2, 0.25) is 0 Å². The molecule has 1 saturated carbocycles. The second kappa shape index (κ2) is 10.6. The van der Waals surface area contributed by atoms with Gasteiger partial charge in [0, 0.05) is 19.1 Å². The average Bonchev–Trinajstić information content (AvgIpc) is 2.48. The summed E-state index contributed by atoms with van der Waals surface area (Å²) in [6.07, 6.45) is 9.82. The molecule has 0 spiro atoms. The van der Waals surface area contributed by atoms with Crippen molar-refractivity contribution in [3.63, 3.8) is 0 Å². The highest BCUT2D eigenvalue weighted by Crippen LogP contribution is 2.32. The van der Waals surface area contributed by atoms with Gasteiger partial charge in [-0.05, 0) is 64.1 Å². The van der Waals surface area contributed by atoms with Crippen LogP contribution >= 0.6 is 0 Å². The van der Waals surface area contributed by atoms with Crippen LogP contribution in [0.3, 0.4) is 0 Å². The maximum Gasteiger partial charge on any atom is 0.0112 e. The van der Waals surface area contributed by atoms with Crippen molar-refractivity contribution in [2.75, 3.05) is 33.2 Å². The van der Waals surface area contributed by atoms with Gasteiger partial charge in [-0.1, -0.05) is 40.5 Å². The number of rotatable bonds is 10. The molecule has 0 aromatic carbocycles. The molecule has 1 rings (SSSR count). The van der Waals surface area contributed by atoms with Crippen molar-refractivity contribution < 1.29 is 0 Å². The third-order valence-corrected chi connectivity index (χ3v) is 5.52. The van der Waals surface area contributed by atoms with E-state index in [2.05, 4.69) is 44.5 Å². The molecule has 0 N–H and O–H groups in total. The van der Waals surface area contributed by atoms with Crippen LogP contribution in [0.15, 0.2) is 0 Å². The standard InChI is InChI=1S/C19H40N2/c1-6-8-9-14-20(5)15-16-21(7-2)19-12-10-18(11-13-19)17(3)4/h17-19H,6-16H2,1-5H3. The van der Waals surface area contributed by atoms with Crippen LogP contribution in [0.5, 0.6) is 0 Å². The van der Waals surface area contributed by atoms with E-state index >= 15 is 0 Å². The molecule has 0 atom stereocenters. The second-order valence-corrected chi connectivity index (χ2v) is 7.45. The van der Waals surface area contributed by atoms with Crippen molar-refractivity contribution in [3.8, 4) is 0 Å². The molecule has 1 fully saturated rings. The lowest BCUT2D eigenvalue weighted by atomic mass is 9.79. The Bertz CT molecular complexity index is 244. The van der Waals surface area contributed by atoms with Crippen LogP contribution in [0.25, 0.3) is 0 Å². The number of hydrogen-bond donors (Lipinski definition) is 0. The fraction of sp³-hybridized carbons (Fsp3) is 1.00. The molecule has 0 aliphatic heterocycles. The first kappa shape index (κ1) is 19.0. The van der Waals surface area contributed by atoms with Gasteiger partial charge in [-0.25, -0.2) is 0 Å². The number of hydrogen-bond acceptors (Lipinski definition) is 2. The predicted molar refractivity (Wildman–Crippen MR) is 94.9 cm³/mol. The quantitative estimate of drug-likeness (QED) is 0.542. The fourth-order valence-electron chi connectivity index (χ4n) is 3.77. The average molecular weight is 297 g/mol. The van der Waals surface area contributed by atoms with E-state index in [-0.39, 0.29) is 0 Å². The molecule has 126 valence electrons. The number of nitrogens with zero attached hydrogens (tertiary/aromatic N) is 2. The van der Waals surface area contributed by atoms with Crippen LogP contribution in [0, 0.1) is 11.8 Å². The maximum absolute atomic E-state index is 2.74. The summed E-state index contributed by atoms with van der Waals surface area (Å²) >= 11 is 0. The summed E-state index contributed by atoms with van der Waals surface area (Å²) < 4.78 is 0. The summed E-state index contributed by atoms with van der Waals surface area (Å²) in [5, 5.41) is 0. The largest absolute Gasteiger partial charge is 0.305 e. The monoisotopic (exact) mass is 296 g/mol. The number of unbranched alkanes of at least 4 members (excludes halogenated alkanes) is 2. The zero-order valence-electron chi connectivity index (χ0n) is 15.4. The van der Waals surface area contributed by atoms with Gasteiger partial charge in [-0.2, -0.15) is 0 Å². The smallest absolute Gasteiger partial charge is 0.0112 e. The molecule has 0 heterocycles. The van der Waals surface area contributed by atoms with Crippen LogP contribution in [0.4, 0.5) is 0 Å². The van der Waals surface area contributed by atoms with Crippen molar-refractivity contribution >= 4 is 0 Å². The first-order valence-electron chi connectivity index (χ1n) is 9.51. The van der Waals surface area contributed by atoms with E-state index in [4.69, 9.17) is 0 Å². The van der Waals surface area contributed by atoms with Crippen molar-refractivity contribution in [1.29, 1.82) is 0 Å². The summed E-state index contributed by atoms with van der Waals surface area (Å²) in [5.41, 5.74) is 0. The molecule has 2 nitrogen and oxygen atoms in total. The van der Waals surface area contributed by atoms with Crippen LogP contribution in [-0.4, -0.2) is 49.1 Å². The Kier molecular flexibility index (Phi) is 9.59. The van der Waals surface area contributed by atoms with Crippen LogP contribution in [0.2, 0.25) is 0 Å². The Morgan fingerprint density at radius 3 is 2.10 bits per heavy atom. The van der Waals surface area contributed by atoms with Gasteiger partial charge in [-0.15, -0.1) is 0 Å². The minimum Gasteiger partial charge on any atom is -0.305 e. The summed E-state index contributed by atoms with van der Waals surface area (Å²) in [6.45, 7) is 14.4. The predicted octanol–water partition coefficient (Wildman–Crippen LogP) is 4.65. The summed E-state index contributed by atoms with van der Waals surface area (Å²) in [5.74, 6) is 1.86. The molecule has 0 bridgehead atoms. The molecule has 0 aromatic heterocycles. The molecule has 0 radical (unpaired) electrons. The molecular weight excluding hydrogens is 256 g/mol. The van der Waals surface area contributed by atoms with Gasteiger partial charge in [0.05, 0.1) is 0 Å². The minimum atomic E-state index is 0.856. The lowest BCUT2D eigenvalue weighted by molar-refractivity contribution is 0.117. The van der Waals surface area contributed by atoms with Gasteiger partial charge < -0.3 is 4.90 Å². The van der Waals surface area contributed by atoms with Gasteiger partial charge in [0.15, 0.2) is 0 Å². The minimum absolute atomic E-state index is 0.856. The Morgan fingerprint density at radius 2 is 1.57 bits per heavy atom. The highest BCUT2D eigenvalue weighted by Gasteiger charge is 2.26.